The number of pyridine rings is 1. The SMILES string of the molecule is Cc1ccncc1NC(=O)c1ccc(C(=O)O)o1. The number of anilines is 1. The molecule has 0 aliphatic rings. The number of nitrogens with zero attached hydrogens (tertiary/aromatic N) is 1. The zero-order chi connectivity index (χ0) is 13.1. The van der Waals surface area contributed by atoms with Gasteiger partial charge in [-0.3, -0.25) is 9.78 Å². The fraction of sp³-hybridized carbons (Fsp3) is 0.0833. The van der Waals surface area contributed by atoms with Gasteiger partial charge in [0.2, 0.25) is 5.76 Å². The molecule has 2 N–H and O–H groups in total. The van der Waals surface area contributed by atoms with Crippen LogP contribution in [0.1, 0.15) is 26.7 Å². The highest BCUT2D eigenvalue weighted by Gasteiger charge is 2.15. The molecule has 0 aromatic carbocycles. The third-order valence-electron chi connectivity index (χ3n) is 2.33. The lowest BCUT2D eigenvalue weighted by molar-refractivity contribution is 0.0660. The van der Waals surface area contributed by atoms with Gasteiger partial charge in [0.25, 0.3) is 5.91 Å². The zero-order valence-electron chi connectivity index (χ0n) is 9.51. The van der Waals surface area contributed by atoms with Crippen LogP contribution in [-0.2, 0) is 0 Å². The third-order valence-corrected chi connectivity index (χ3v) is 2.33. The second-order valence-electron chi connectivity index (χ2n) is 3.61. The summed E-state index contributed by atoms with van der Waals surface area (Å²) in [6.45, 7) is 1.82. The molecule has 0 aliphatic carbocycles. The molecule has 0 saturated heterocycles. The minimum atomic E-state index is -1.22. The van der Waals surface area contributed by atoms with Crippen molar-refractivity contribution in [1.82, 2.24) is 4.98 Å². The Labute approximate surface area is 102 Å². The van der Waals surface area contributed by atoms with Gasteiger partial charge in [0.05, 0.1) is 11.9 Å². The van der Waals surface area contributed by atoms with Crippen LogP contribution in [-0.4, -0.2) is 22.0 Å². The van der Waals surface area contributed by atoms with Gasteiger partial charge in [-0.05, 0) is 30.7 Å². The normalized spacial score (nSPS) is 10.1. The number of amides is 1. The summed E-state index contributed by atoms with van der Waals surface area (Å²) in [5.41, 5.74) is 1.40. The Morgan fingerprint density at radius 3 is 2.61 bits per heavy atom. The molecule has 2 aromatic heterocycles. The standard InChI is InChI=1S/C12H10N2O4/c1-7-4-5-13-6-8(7)14-11(15)9-2-3-10(18-9)12(16)17/h2-6H,1H3,(H,14,15)(H,16,17). The van der Waals surface area contributed by atoms with Gasteiger partial charge >= 0.3 is 5.97 Å². The Kier molecular flexibility index (Phi) is 3.09. The summed E-state index contributed by atoms with van der Waals surface area (Å²) in [7, 11) is 0. The molecule has 0 atom stereocenters. The van der Waals surface area contributed by atoms with Crippen LogP contribution >= 0.6 is 0 Å². The van der Waals surface area contributed by atoms with Crippen LogP contribution in [0, 0.1) is 6.92 Å². The van der Waals surface area contributed by atoms with E-state index < -0.39 is 11.9 Å². The van der Waals surface area contributed by atoms with Crippen molar-refractivity contribution in [3.63, 3.8) is 0 Å². The van der Waals surface area contributed by atoms with E-state index in [1.165, 1.54) is 18.3 Å². The van der Waals surface area contributed by atoms with Crippen LogP contribution in [0.4, 0.5) is 5.69 Å². The maximum absolute atomic E-state index is 11.8. The van der Waals surface area contributed by atoms with Crippen LogP contribution in [0.2, 0.25) is 0 Å². The molecule has 0 unspecified atom stereocenters. The average Bonchev–Trinajstić information content (AvgIpc) is 2.81. The van der Waals surface area contributed by atoms with Crippen LogP contribution in [0.3, 0.4) is 0 Å². The summed E-state index contributed by atoms with van der Waals surface area (Å²) in [4.78, 5) is 26.3. The molecule has 2 aromatic rings. The Hall–Kier alpha value is -2.63. The highest BCUT2D eigenvalue weighted by atomic mass is 16.4. The first kappa shape index (κ1) is 11.8. The monoisotopic (exact) mass is 246 g/mol. The van der Waals surface area contributed by atoms with Crippen molar-refractivity contribution in [3.8, 4) is 0 Å². The molecule has 6 nitrogen and oxygen atoms in total. The molecule has 0 aliphatic heterocycles. The molecular formula is C12H10N2O4. The summed E-state index contributed by atoms with van der Waals surface area (Å²) >= 11 is 0. The number of carboxylic acid groups (broad SMARTS) is 1. The maximum atomic E-state index is 11.8. The second-order valence-corrected chi connectivity index (χ2v) is 3.61. The minimum absolute atomic E-state index is 0.0596. The molecule has 0 radical (unpaired) electrons. The topological polar surface area (TPSA) is 92.4 Å². The summed E-state index contributed by atoms with van der Waals surface area (Å²) in [5, 5.41) is 11.3. The number of carbonyl (C=O) groups is 2. The van der Waals surface area contributed by atoms with E-state index in [-0.39, 0.29) is 11.5 Å². The van der Waals surface area contributed by atoms with Crippen LogP contribution in [0.25, 0.3) is 0 Å². The van der Waals surface area contributed by atoms with Gasteiger partial charge in [0, 0.05) is 6.20 Å². The molecule has 2 heterocycles. The fourth-order valence-corrected chi connectivity index (χ4v) is 1.35. The van der Waals surface area contributed by atoms with Crippen molar-refractivity contribution in [2.45, 2.75) is 6.92 Å². The van der Waals surface area contributed by atoms with Gasteiger partial charge in [-0.25, -0.2) is 4.79 Å². The van der Waals surface area contributed by atoms with Crippen LogP contribution in [0.5, 0.6) is 0 Å². The first-order chi connectivity index (χ1) is 8.58. The predicted octanol–water partition coefficient (Wildman–Crippen LogP) is 1.93. The number of hydrogen-bond donors (Lipinski definition) is 2. The van der Waals surface area contributed by atoms with E-state index >= 15 is 0 Å². The Morgan fingerprint density at radius 2 is 2.00 bits per heavy atom. The molecule has 18 heavy (non-hydrogen) atoms. The van der Waals surface area contributed by atoms with Crippen LogP contribution < -0.4 is 5.32 Å². The van der Waals surface area contributed by atoms with E-state index in [0.29, 0.717) is 5.69 Å². The number of carboxylic acids is 1. The van der Waals surface area contributed by atoms with Gasteiger partial charge in [0.15, 0.2) is 5.76 Å². The predicted molar refractivity (Wildman–Crippen MR) is 62.6 cm³/mol. The van der Waals surface area contributed by atoms with Gasteiger partial charge < -0.3 is 14.8 Å². The van der Waals surface area contributed by atoms with E-state index in [4.69, 9.17) is 9.52 Å². The van der Waals surface area contributed by atoms with Gasteiger partial charge in [-0.1, -0.05) is 0 Å². The van der Waals surface area contributed by atoms with E-state index in [0.717, 1.165) is 5.56 Å². The van der Waals surface area contributed by atoms with Crippen molar-refractivity contribution in [2.75, 3.05) is 5.32 Å². The van der Waals surface area contributed by atoms with Gasteiger partial charge in [-0.2, -0.15) is 0 Å². The van der Waals surface area contributed by atoms with Crippen molar-refractivity contribution >= 4 is 17.6 Å². The van der Waals surface area contributed by atoms with Gasteiger partial charge in [-0.15, -0.1) is 0 Å². The third kappa shape index (κ3) is 2.37. The summed E-state index contributed by atoms with van der Waals surface area (Å²) in [6, 6.07) is 4.29. The molecule has 1 amide bonds. The highest BCUT2D eigenvalue weighted by Crippen LogP contribution is 2.14. The number of rotatable bonds is 3. The van der Waals surface area contributed by atoms with Crippen molar-refractivity contribution in [3.05, 3.63) is 47.7 Å². The molecule has 0 spiro atoms. The average molecular weight is 246 g/mol. The molecule has 0 bridgehead atoms. The first-order valence-corrected chi connectivity index (χ1v) is 5.13. The summed E-state index contributed by atoms with van der Waals surface area (Å²) in [5.74, 6) is -2.07. The molecule has 92 valence electrons. The second kappa shape index (κ2) is 4.70. The quantitative estimate of drug-likeness (QED) is 0.863. The van der Waals surface area contributed by atoms with Crippen molar-refractivity contribution in [1.29, 1.82) is 0 Å². The number of furan rings is 1. The maximum Gasteiger partial charge on any atom is 0.371 e. The van der Waals surface area contributed by atoms with E-state index in [1.807, 2.05) is 6.92 Å². The van der Waals surface area contributed by atoms with Crippen LogP contribution in [0.15, 0.2) is 35.0 Å². The number of hydrogen-bond acceptors (Lipinski definition) is 4. The smallest absolute Gasteiger partial charge is 0.371 e. The van der Waals surface area contributed by atoms with Gasteiger partial charge in [0.1, 0.15) is 0 Å². The zero-order valence-corrected chi connectivity index (χ0v) is 9.51. The fourth-order valence-electron chi connectivity index (χ4n) is 1.35. The Balaban J connectivity index is 2.17. The lowest BCUT2D eigenvalue weighted by Crippen LogP contribution is -2.12. The largest absolute Gasteiger partial charge is 0.475 e. The summed E-state index contributed by atoms with van der Waals surface area (Å²) < 4.78 is 4.89. The van der Waals surface area contributed by atoms with E-state index in [9.17, 15) is 9.59 Å². The first-order valence-electron chi connectivity index (χ1n) is 5.13. The van der Waals surface area contributed by atoms with E-state index in [1.54, 1.807) is 12.3 Å². The molecule has 0 saturated carbocycles. The Bertz CT molecular complexity index is 604. The number of aryl methyl sites for hydroxylation is 1. The highest BCUT2D eigenvalue weighted by molar-refractivity contribution is 6.03. The number of aromatic carboxylic acids is 1. The molecular weight excluding hydrogens is 236 g/mol. The molecule has 6 heteroatoms. The molecule has 0 fully saturated rings. The van der Waals surface area contributed by atoms with E-state index in [2.05, 4.69) is 10.3 Å². The lowest BCUT2D eigenvalue weighted by Gasteiger charge is -2.05. The molecule has 2 rings (SSSR count). The number of nitrogens with one attached hydrogen (secondary N) is 1. The minimum Gasteiger partial charge on any atom is -0.475 e. The van der Waals surface area contributed by atoms with Crippen molar-refractivity contribution in [2.24, 2.45) is 0 Å². The van der Waals surface area contributed by atoms with Crippen molar-refractivity contribution < 1.29 is 19.1 Å². The number of aromatic nitrogens is 1. The lowest BCUT2D eigenvalue weighted by atomic mass is 10.2. The number of carbonyl (C=O) groups excluding carboxylic acids is 1. The Morgan fingerprint density at radius 1 is 1.28 bits per heavy atom. The summed E-state index contributed by atoms with van der Waals surface area (Å²) in [6.07, 6.45) is 3.12.